The van der Waals surface area contributed by atoms with Gasteiger partial charge in [-0.2, -0.15) is 0 Å². The third-order valence-electron chi connectivity index (χ3n) is 3.12. The van der Waals surface area contributed by atoms with E-state index in [0.717, 1.165) is 21.6 Å². The lowest BCUT2D eigenvalue weighted by molar-refractivity contribution is 0.105. The van der Waals surface area contributed by atoms with Gasteiger partial charge in [0.2, 0.25) is 0 Å². The van der Waals surface area contributed by atoms with Crippen LogP contribution >= 0.6 is 11.3 Å². The minimum atomic E-state index is -0.779. The first-order chi connectivity index (χ1) is 10.7. The number of aliphatic hydroxyl groups excluding tert-OH is 2. The number of hydrogen-bond donors (Lipinski definition) is 4. The number of pyridine rings is 1. The average Bonchev–Trinajstić information content (AvgIpc) is 3.00. The second-order valence-electron chi connectivity index (χ2n) is 4.81. The number of aromatic nitrogens is 2. The first-order valence-electron chi connectivity index (χ1n) is 6.84. The highest BCUT2D eigenvalue weighted by atomic mass is 32.1. The van der Waals surface area contributed by atoms with E-state index in [9.17, 15) is 5.11 Å². The Labute approximate surface area is 131 Å². The molecule has 0 aliphatic heterocycles. The van der Waals surface area contributed by atoms with Crippen molar-refractivity contribution in [2.24, 2.45) is 0 Å². The van der Waals surface area contributed by atoms with E-state index in [-0.39, 0.29) is 13.2 Å². The fourth-order valence-electron chi connectivity index (χ4n) is 1.99. The molecule has 22 heavy (non-hydrogen) atoms. The predicted octanol–water partition coefficient (Wildman–Crippen LogP) is 2.20. The van der Waals surface area contributed by atoms with Crippen LogP contribution in [0.3, 0.4) is 0 Å². The number of hydrogen-bond acceptors (Lipinski definition) is 7. The molecule has 1 atom stereocenters. The standard InChI is InChI=1S/C15H16N4O2S/c20-8-12(21)7-17-10-3-4-16-15(6-10)19-11-1-2-13-14(5-11)22-9-18-13/h1-6,9,12,20-21H,7-8H2,(H2,16,17,19). The molecular formula is C15H16N4O2S. The Balaban J connectivity index is 1.71. The SMILES string of the molecule is OCC(O)CNc1ccnc(Nc2ccc3ncsc3c2)c1. The topological polar surface area (TPSA) is 90.3 Å². The fourth-order valence-corrected chi connectivity index (χ4v) is 2.71. The molecule has 6 nitrogen and oxygen atoms in total. The molecule has 3 aromatic rings. The van der Waals surface area contributed by atoms with Crippen LogP contribution in [0.1, 0.15) is 0 Å². The van der Waals surface area contributed by atoms with Gasteiger partial charge in [0, 0.05) is 30.2 Å². The van der Waals surface area contributed by atoms with Crippen LogP contribution in [0.2, 0.25) is 0 Å². The molecule has 1 aromatic carbocycles. The summed E-state index contributed by atoms with van der Waals surface area (Å²) in [6, 6.07) is 9.61. The van der Waals surface area contributed by atoms with Crippen molar-refractivity contribution in [3.63, 3.8) is 0 Å². The van der Waals surface area contributed by atoms with Crippen molar-refractivity contribution in [1.29, 1.82) is 0 Å². The normalized spacial score (nSPS) is 12.3. The summed E-state index contributed by atoms with van der Waals surface area (Å²) in [5.74, 6) is 0.701. The molecule has 1 unspecified atom stereocenters. The van der Waals surface area contributed by atoms with Crippen molar-refractivity contribution in [3.05, 3.63) is 42.0 Å². The van der Waals surface area contributed by atoms with E-state index >= 15 is 0 Å². The Kier molecular flexibility index (Phi) is 4.47. The van der Waals surface area contributed by atoms with Gasteiger partial charge in [0.05, 0.1) is 28.4 Å². The Morgan fingerprint density at radius 3 is 2.91 bits per heavy atom. The van der Waals surface area contributed by atoms with Crippen LogP contribution in [0.4, 0.5) is 17.2 Å². The van der Waals surface area contributed by atoms with Gasteiger partial charge in [-0.05, 0) is 24.3 Å². The number of fused-ring (bicyclic) bond motifs is 1. The largest absolute Gasteiger partial charge is 0.394 e. The van der Waals surface area contributed by atoms with E-state index in [1.54, 1.807) is 17.5 Å². The number of aliphatic hydroxyl groups is 2. The minimum absolute atomic E-state index is 0.266. The lowest BCUT2D eigenvalue weighted by Crippen LogP contribution is -2.22. The molecule has 0 aliphatic carbocycles. The van der Waals surface area contributed by atoms with Gasteiger partial charge >= 0.3 is 0 Å². The maximum absolute atomic E-state index is 9.36. The lowest BCUT2D eigenvalue weighted by Gasteiger charge is -2.11. The summed E-state index contributed by atoms with van der Waals surface area (Å²) in [5, 5.41) is 24.5. The number of nitrogens with one attached hydrogen (secondary N) is 2. The zero-order valence-corrected chi connectivity index (χ0v) is 12.5. The van der Waals surface area contributed by atoms with Crippen LogP contribution in [-0.4, -0.2) is 39.4 Å². The summed E-state index contributed by atoms with van der Waals surface area (Å²) < 4.78 is 1.12. The molecule has 0 radical (unpaired) electrons. The summed E-state index contributed by atoms with van der Waals surface area (Å²) in [7, 11) is 0. The van der Waals surface area contributed by atoms with E-state index < -0.39 is 6.10 Å². The highest BCUT2D eigenvalue weighted by molar-refractivity contribution is 7.16. The molecule has 0 bridgehead atoms. The molecule has 114 valence electrons. The number of anilines is 3. The summed E-state index contributed by atoms with van der Waals surface area (Å²) in [6.45, 7) is 0.0187. The zero-order valence-electron chi connectivity index (χ0n) is 11.7. The molecule has 2 aromatic heterocycles. The Hall–Kier alpha value is -2.22. The molecule has 0 spiro atoms. The van der Waals surface area contributed by atoms with Crippen LogP contribution in [0, 0.1) is 0 Å². The molecule has 0 saturated heterocycles. The van der Waals surface area contributed by atoms with Crippen molar-refractivity contribution < 1.29 is 10.2 Å². The molecule has 2 heterocycles. The number of thiazole rings is 1. The van der Waals surface area contributed by atoms with Crippen molar-refractivity contribution in [2.45, 2.75) is 6.10 Å². The minimum Gasteiger partial charge on any atom is -0.394 e. The van der Waals surface area contributed by atoms with Crippen LogP contribution in [0.15, 0.2) is 42.0 Å². The van der Waals surface area contributed by atoms with Gasteiger partial charge in [0.1, 0.15) is 5.82 Å². The maximum Gasteiger partial charge on any atom is 0.132 e. The molecule has 4 N–H and O–H groups in total. The monoisotopic (exact) mass is 316 g/mol. The van der Waals surface area contributed by atoms with E-state index in [1.165, 1.54) is 0 Å². The average molecular weight is 316 g/mol. The van der Waals surface area contributed by atoms with Crippen molar-refractivity contribution in [3.8, 4) is 0 Å². The molecule has 0 saturated carbocycles. The maximum atomic E-state index is 9.36. The highest BCUT2D eigenvalue weighted by Crippen LogP contribution is 2.24. The quantitative estimate of drug-likeness (QED) is 0.557. The summed E-state index contributed by atoms with van der Waals surface area (Å²) in [5.41, 5.74) is 4.57. The molecule has 0 fully saturated rings. The first kappa shape index (κ1) is 14.7. The molecule has 0 aliphatic rings. The molecule has 3 rings (SSSR count). The summed E-state index contributed by atoms with van der Waals surface area (Å²) in [4.78, 5) is 8.53. The van der Waals surface area contributed by atoms with Gasteiger partial charge in [0.15, 0.2) is 0 Å². The van der Waals surface area contributed by atoms with Crippen molar-refractivity contribution in [2.75, 3.05) is 23.8 Å². The van der Waals surface area contributed by atoms with E-state index in [0.29, 0.717) is 5.82 Å². The van der Waals surface area contributed by atoms with Crippen molar-refractivity contribution in [1.82, 2.24) is 9.97 Å². The summed E-state index contributed by atoms with van der Waals surface area (Å²) in [6.07, 6.45) is 0.902. The Morgan fingerprint density at radius 1 is 1.14 bits per heavy atom. The lowest BCUT2D eigenvalue weighted by atomic mass is 10.3. The Morgan fingerprint density at radius 2 is 2.05 bits per heavy atom. The third-order valence-corrected chi connectivity index (χ3v) is 3.91. The second-order valence-corrected chi connectivity index (χ2v) is 5.69. The van der Waals surface area contributed by atoms with E-state index in [1.807, 2.05) is 35.8 Å². The van der Waals surface area contributed by atoms with Crippen LogP contribution < -0.4 is 10.6 Å². The molecule has 7 heteroatoms. The van der Waals surface area contributed by atoms with Crippen molar-refractivity contribution >= 4 is 38.7 Å². The zero-order chi connectivity index (χ0) is 15.4. The fraction of sp³-hybridized carbons (Fsp3) is 0.200. The molecule has 0 amide bonds. The van der Waals surface area contributed by atoms with Gasteiger partial charge in [0.25, 0.3) is 0 Å². The second kappa shape index (κ2) is 6.69. The Bertz CT molecular complexity index is 762. The number of rotatable bonds is 6. The van der Waals surface area contributed by atoms with E-state index in [4.69, 9.17) is 5.11 Å². The first-order valence-corrected chi connectivity index (χ1v) is 7.71. The van der Waals surface area contributed by atoms with Crippen LogP contribution in [-0.2, 0) is 0 Å². The van der Waals surface area contributed by atoms with Gasteiger partial charge in [-0.15, -0.1) is 11.3 Å². The molecular weight excluding hydrogens is 300 g/mol. The van der Waals surface area contributed by atoms with Gasteiger partial charge in [-0.25, -0.2) is 9.97 Å². The van der Waals surface area contributed by atoms with Gasteiger partial charge in [-0.3, -0.25) is 0 Å². The summed E-state index contributed by atoms with van der Waals surface area (Å²) >= 11 is 1.59. The van der Waals surface area contributed by atoms with Gasteiger partial charge < -0.3 is 20.8 Å². The van der Waals surface area contributed by atoms with E-state index in [2.05, 4.69) is 20.6 Å². The van der Waals surface area contributed by atoms with Crippen LogP contribution in [0.25, 0.3) is 10.2 Å². The number of benzene rings is 1. The number of nitrogens with zero attached hydrogens (tertiary/aromatic N) is 2. The third kappa shape index (κ3) is 3.51. The smallest absolute Gasteiger partial charge is 0.132 e. The van der Waals surface area contributed by atoms with Gasteiger partial charge in [-0.1, -0.05) is 0 Å². The predicted molar refractivity (Wildman–Crippen MR) is 88.7 cm³/mol. The van der Waals surface area contributed by atoms with Crippen LogP contribution in [0.5, 0.6) is 0 Å². The highest BCUT2D eigenvalue weighted by Gasteiger charge is 2.04.